The number of hydrogen-bond donors (Lipinski definition) is 0. The number of anilines is 1. The summed E-state index contributed by atoms with van der Waals surface area (Å²) >= 11 is 0. The van der Waals surface area contributed by atoms with Crippen LogP contribution in [-0.4, -0.2) is 32.8 Å². The van der Waals surface area contributed by atoms with Gasteiger partial charge in [0.05, 0.1) is 11.4 Å². The van der Waals surface area contributed by atoms with E-state index in [1.807, 2.05) is 37.1 Å². The maximum atomic E-state index is 4.81. The van der Waals surface area contributed by atoms with Gasteiger partial charge >= 0.3 is 0 Å². The molecule has 5 nitrogen and oxygen atoms in total. The molecular weight excluding hydrogens is 322 g/mol. The van der Waals surface area contributed by atoms with Crippen molar-refractivity contribution in [3.63, 3.8) is 0 Å². The Hall–Kier alpha value is -2.69. The van der Waals surface area contributed by atoms with Gasteiger partial charge in [-0.1, -0.05) is 30.3 Å². The molecule has 3 aromatic rings. The van der Waals surface area contributed by atoms with Gasteiger partial charge in [0.15, 0.2) is 0 Å². The SMILES string of the molecule is Cc1nn(C)cc1-c1ccnc(N2CCC(Cc3ccccc3)CC2)n1. The van der Waals surface area contributed by atoms with Crippen LogP contribution in [0, 0.1) is 12.8 Å². The predicted molar refractivity (Wildman–Crippen MR) is 104 cm³/mol. The van der Waals surface area contributed by atoms with E-state index in [4.69, 9.17) is 4.98 Å². The molecule has 1 aromatic carbocycles. The lowest BCUT2D eigenvalue weighted by Gasteiger charge is -2.32. The smallest absolute Gasteiger partial charge is 0.225 e. The van der Waals surface area contributed by atoms with E-state index in [0.29, 0.717) is 0 Å². The highest BCUT2D eigenvalue weighted by Crippen LogP contribution is 2.26. The van der Waals surface area contributed by atoms with Gasteiger partial charge in [0.1, 0.15) is 0 Å². The lowest BCUT2D eigenvalue weighted by atomic mass is 9.90. The zero-order chi connectivity index (χ0) is 17.9. The maximum Gasteiger partial charge on any atom is 0.225 e. The molecule has 1 saturated heterocycles. The average Bonchev–Trinajstić information content (AvgIpc) is 3.01. The van der Waals surface area contributed by atoms with Crippen molar-refractivity contribution in [3.8, 4) is 11.3 Å². The molecule has 0 saturated carbocycles. The van der Waals surface area contributed by atoms with Crippen LogP contribution in [0.15, 0.2) is 48.8 Å². The van der Waals surface area contributed by atoms with E-state index in [0.717, 1.165) is 41.9 Å². The van der Waals surface area contributed by atoms with Crippen molar-refractivity contribution in [2.45, 2.75) is 26.2 Å². The average molecular weight is 347 g/mol. The van der Waals surface area contributed by atoms with Crippen LogP contribution in [0.25, 0.3) is 11.3 Å². The van der Waals surface area contributed by atoms with Crippen molar-refractivity contribution in [3.05, 3.63) is 60.0 Å². The second-order valence-electron chi connectivity index (χ2n) is 7.16. The van der Waals surface area contributed by atoms with Gasteiger partial charge in [0, 0.05) is 38.1 Å². The molecule has 1 fully saturated rings. The minimum absolute atomic E-state index is 0.748. The molecule has 1 aliphatic heterocycles. The lowest BCUT2D eigenvalue weighted by Crippen LogP contribution is -2.35. The summed E-state index contributed by atoms with van der Waals surface area (Å²) in [6.45, 7) is 4.06. The Labute approximate surface area is 154 Å². The molecule has 0 aliphatic carbocycles. The second kappa shape index (κ2) is 7.28. The number of nitrogens with zero attached hydrogens (tertiary/aromatic N) is 5. The first-order valence-electron chi connectivity index (χ1n) is 9.31. The van der Waals surface area contributed by atoms with Crippen molar-refractivity contribution >= 4 is 5.95 Å². The number of piperidine rings is 1. The molecular formula is C21H25N5. The number of aromatic nitrogens is 4. The highest BCUT2D eigenvalue weighted by Gasteiger charge is 2.21. The summed E-state index contributed by atoms with van der Waals surface area (Å²) in [6.07, 6.45) is 7.43. The van der Waals surface area contributed by atoms with Crippen LogP contribution in [0.3, 0.4) is 0 Å². The number of hydrogen-bond acceptors (Lipinski definition) is 4. The molecule has 0 N–H and O–H groups in total. The van der Waals surface area contributed by atoms with Crippen LogP contribution in [0.4, 0.5) is 5.95 Å². The first-order chi connectivity index (χ1) is 12.7. The Morgan fingerprint density at radius 3 is 2.54 bits per heavy atom. The van der Waals surface area contributed by atoms with E-state index in [1.165, 1.54) is 24.8 Å². The quantitative estimate of drug-likeness (QED) is 0.723. The molecule has 134 valence electrons. The molecule has 1 aliphatic rings. The zero-order valence-corrected chi connectivity index (χ0v) is 15.5. The maximum absolute atomic E-state index is 4.81. The van der Waals surface area contributed by atoms with Crippen molar-refractivity contribution < 1.29 is 0 Å². The van der Waals surface area contributed by atoms with Crippen molar-refractivity contribution in [1.29, 1.82) is 0 Å². The van der Waals surface area contributed by atoms with Gasteiger partial charge in [-0.3, -0.25) is 4.68 Å². The third kappa shape index (κ3) is 3.62. The third-order valence-electron chi connectivity index (χ3n) is 5.20. The topological polar surface area (TPSA) is 46.8 Å². The van der Waals surface area contributed by atoms with Gasteiger partial charge in [-0.15, -0.1) is 0 Å². The van der Waals surface area contributed by atoms with E-state index >= 15 is 0 Å². The minimum Gasteiger partial charge on any atom is -0.341 e. The highest BCUT2D eigenvalue weighted by atomic mass is 15.3. The van der Waals surface area contributed by atoms with Gasteiger partial charge in [-0.25, -0.2) is 9.97 Å². The van der Waals surface area contributed by atoms with E-state index in [1.54, 1.807) is 0 Å². The molecule has 3 heterocycles. The standard InChI is InChI=1S/C21H25N5/c1-16-19(15-25(2)24-16)20-8-11-22-21(23-20)26-12-9-18(10-13-26)14-17-6-4-3-5-7-17/h3-8,11,15,18H,9-10,12-14H2,1-2H3. The minimum atomic E-state index is 0.748. The van der Waals surface area contributed by atoms with Crippen LogP contribution >= 0.6 is 0 Å². The molecule has 4 rings (SSSR count). The van der Waals surface area contributed by atoms with Gasteiger partial charge in [-0.2, -0.15) is 5.10 Å². The van der Waals surface area contributed by atoms with E-state index in [-0.39, 0.29) is 0 Å². The summed E-state index contributed by atoms with van der Waals surface area (Å²) in [5, 5.41) is 4.42. The molecule has 2 aromatic heterocycles. The molecule has 26 heavy (non-hydrogen) atoms. The Morgan fingerprint density at radius 1 is 1.08 bits per heavy atom. The van der Waals surface area contributed by atoms with Crippen molar-refractivity contribution in [2.24, 2.45) is 13.0 Å². The fourth-order valence-electron chi connectivity index (χ4n) is 3.79. The zero-order valence-electron chi connectivity index (χ0n) is 15.5. The predicted octanol–water partition coefficient (Wildman–Crippen LogP) is 3.64. The van der Waals surface area contributed by atoms with Crippen LogP contribution in [0.2, 0.25) is 0 Å². The first-order valence-corrected chi connectivity index (χ1v) is 9.31. The Balaban J connectivity index is 1.43. The van der Waals surface area contributed by atoms with E-state index in [2.05, 4.69) is 45.3 Å². The number of rotatable bonds is 4. The van der Waals surface area contributed by atoms with Gasteiger partial charge < -0.3 is 4.90 Å². The van der Waals surface area contributed by atoms with Gasteiger partial charge in [0.25, 0.3) is 0 Å². The molecule has 0 atom stereocenters. The van der Waals surface area contributed by atoms with Gasteiger partial charge in [-0.05, 0) is 43.7 Å². The van der Waals surface area contributed by atoms with Crippen molar-refractivity contribution in [2.75, 3.05) is 18.0 Å². The molecule has 0 spiro atoms. The molecule has 0 radical (unpaired) electrons. The van der Waals surface area contributed by atoms with E-state index in [9.17, 15) is 0 Å². The molecule has 0 amide bonds. The Kier molecular flexibility index (Phi) is 4.69. The Bertz CT molecular complexity index is 863. The number of benzene rings is 1. The normalized spacial score (nSPS) is 15.4. The van der Waals surface area contributed by atoms with Crippen LogP contribution in [0.5, 0.6) is 0 Å². The van der Waals surface area contributed by atoms with Crippen molar-refractivity contribution in [1.82, 2.24) is 19.7 Å². The van der Waals surface area contributed by atoms with Crippen LogP contribution < -0.4 is 4.90 Å². The highest BCUT2D eigenvalue weighted by molar-refractivity contribution is 5.61. The summed E-state index contributed by atoms with van der Waals surface area (Å²) in [6, 6.07) is 12.8. The van der Waals surface area contributed by atoms with Gasteiger partial charge in [0.2, 0.25) is 5.95 Å². The summed E-state index contributed by atoms with van der Waals surface area (Å²) in [4.78, 5) is 11.6. The fraction of sp³-hybridized carbons (Fsp3) is 0.381. The lowest BCUT2D eigenvalue weighted by molar-refractivity contribution is 0.400. The molecule has 5 heteroatoms. The summed E-state index contributed by atoms with van der Waals surface area (Å²) in [5.74, 6) is 1.58. The molecule has 0 unspecified atom stereocenters. The molecule has 0 bridgehead atoms. The Morgan fingerprint density at radius 2 is 1.85 bits per heavy atom. The largest absolute Gasteiger partial charge is 0.341 e. The first kappa shape index (κ1) is 16.8. The second-order valence-corrected chi connectivity index (χ2v) is 7.16. The van der Waals surface area contributed by atoms with Crippen LogP contribution in [-0.2, 0) is 13.5 Å². The fourth-order valence-corrected chi connectivity index (χ4v) is 3.79. The monoisotopic (exact) mass is 347 g/mol. The number of aryl methyl sites for hydroxylation is 2. The summed E-state index contributed by atoms with van der Waals surface area (Å²) < 4.78 is 1.83. The third-order valence-corrected chi connectivity index (χ3v) is 5.20. The summed E-state index contributed by atoms with van der Waals surface area (Å²) in [7, 11) is 1.94. The van der Waals surface area contributed by atoms with E-state index < -0.39 is 0 Å². The summed E-state index contributed by atoms with van der Waals surface area (Å²) in [5.41, 5.74) is 4.47. The van der Waals surface area contributed by atoms with Crippen LogP contribution in [0.1, 0.15) is 24.1 Å².